The molecule has 0 atom stereocenters. The molecule has 0 aromatic carbocycles. The lowest BCUT2D eigenvalue weighted by atomic mass is 10.0. The molecule has 3 heterocycles. The summed E-state index contributed by atoms with van der Waals surface area (Å²) in [6.45, 7) is 4.11. The molecule has 0 unspecified atom stereocenters. The van der Waals surface area contributed by atoms with Crippen LogP contribution in [-0.2, 0) is 16.0 Å². The summed E-state index contributed by atoms with van der Waals surface area (Å²) in [5.41, 5.74) is 1.01. The molecule has 2 aliphatic rings. The lowest BCUT2D eigenvalue weighted by molar-refractivity contribution is -0.185. The summed E-state index contributed by atoms with van der Waals surface area (Å²) in [6, 6.07) is 1.69. The fraction of sp³-hybridized carbons (Fsp3) is 0.615. The first-order valence-electron chi connectivity index (χ1n) is 6.47. The van der Waals surface area contributed by atoms with E-state index in [0.717, 1.165) is 38.0 Å². The minimum Gasteiger partial charge on any atom is -0.347 e. The molecule has 2 aliphatic heterocycles. The molecule has 2 fully saturated rings. The largest absolute Gasteiger partial charge is 0.347 e. The number of aromatic nitrogens is 1. The molecule has 1 spiro atoms. The molecule has 0 amide bonds. The number of pyridine rings is 1. The average Bonchev–Trinajstić information content (AvgIpc) is 2.84. The number of nitrogens with zero attached hydrogens (tertiary/aromatic N) is 2. The SMILES string of the molecule is Clc1cc(Cl)c(CN2CCC3(CC2)OCCO3)cn1. The molecule has 3 rings (SSSR count). The van der Waals surface area contributed by atoms with Crippen molar-refractivity contribution in [2.24, 2.45) is 0 Å². The molecule has 2 saturated heterocycles. The molecule has 1 aromatic heterocycles. The van der Waals surface area contributed by atoms with Gasteiger partial charge in [0.15, 0.2) is 5.79 Å². The van der Waals surface area contributed by atoms with Crippen LogP contribution in [0.3, 0.4) is 0 Å². The highest BCUT2D eigenvalue weighted by Gasteiger charge is 2.39. The van der Waals surface area contributed by atoms with Crippen molar-refractivity contribution >= 4 is 23.2 Å². The lowest BCUT2D eigenvalue weighted by Crippen LogP contribution is -2.44. The maximum absolute atomic E-state index is 6.17. The van der Waals surface area contributed by atoms with E-state index >= 15 is 0 Å². The quantitative estimate of drug-likeness (QED) is 0.787. The topological polar surface area (TPSA) is 34.6 Å². The van der Waals surface area contributed by atoms with E-state index in [1.165, 1.54) is 0 Å². The third-order valence-electron chi connectivity index (χ3n) is 3.72. The average molecular weight is 303 g/mol. The van der Waals surface area contributed by atoms with Crippen molar-refractivity contribution in [2.45, 2.75) is 25.2 Å². The van der Waals surface area contributed by atoms with Crippen molar-refractivity contribution in [1.29, 1.82) is 0 Å². The monoisotopic (exact) mass is 302 g/mol. The Morgan fingerprint density at radius 2 is 1.89 bits per heavy atom. The van der Waals surface area contributed by atoms with Crippen LogP contribution in [0.25, 0.3) is 0 Å². The highest BCUT2D eigenvalue weighted by Crippen LogP contribution is 2.32. The van der Waals surface area contributed by atoms with Gasteiger partial charge in [-0.15, -0.1) is 0 Å². The van der Waals surface area contributed by atoms with Crippen molar-refractivity contribution in [3.05, 3.63) is 28.0 Å². The maximum atomic E-state index is 6.17. The van der Waals surface area contributed by atoms with Crippen molar-refractivity contribution < 1.29 is 9.47 Å². The molecule has 0 bridgehead atoms. The number of piperidine rings is 1. The predicted octanol–water partition coefficient (Wildman–Crippen LogP) is 2.73. The molecular formula is C13H16Cl2N2O2. The zero-order chi connectivity index (χ0) is 13.3. The normalized spacial score (nSPS) is 23.1. The van der Waals surface area contributed by atoms with Crippen molar-refractivity contribution in [3.63, 3.8) is 0 Å². The second kappa shape index (κ2) is 5.54. The molecule has 6 heteroatoms. The van der Waals surface area contributed by atoms with Crippen LogP contribution >= 0.6 is 23.2 Å². The third kappa shape index (κ3) is 3.03. The standard InChI is InChI=1S/C13H16Cl2N2O2/c14-11-7-12(15)16-8-10(11)9-17-3-1-13(2-4-17)18-5-6-19-13/h7-8H,1-6,9H2. The molecule has 0 N–H and O–H groups in total. The van der Waals surface area contributed by atoms with Gasteiger partial charge in [-0.05, 0) is 6.07 Å². The smallest absolute Gasteiger partial charge is 0.170 e. The minimum atomic E-state index is -0.321. The van der Waals surface area contributed by atoms with E-state index in [-0.39, 0.29) is 5.79 Å². The Balaban J connectivity index is 1.60. The minimum absolute atomic E-state index is 0.321. The number of hydrogen-bond acceptors (Lipinski definition) is 4. The Morgan fingerprint density at radius 1 is 1.21 bits per heavy atom. The molecule has 0 radical (unpaired) electrons. The van der Waals surface area contributed by atoms with E-state index in [4.69, 9.17) is 32.7 Å². The van der Waals surface area contributed by atoms with Gasteiger partial charge in [-0.3, -0.25) is 4.90 Å². The van der Waals surface area contributed by atoms with Gasteiger partial charge in [-0.1, -0.05) is 23.2 Å². The molecule has 4 nitrogen and oxygen atoms in total. The zero-order valence-corrected chi connectivity index (χ0v) is 12.1. The van der Waals surface area contributed by atoms with Gasteiger partial charge < -0.3 is 9.47 Å². The number of hydrogen-bond donors (Lipinski definition) is 0. The fourth-order valence-corrected chi connectivity index (χ4v) is 3.06. The Kier molecular flexibility index (Phi) is 3.96. The second-order valence-corrected chi connectivity index (χ2v) is 5.78. The van der Waals surface area contributed by atoms with Gasteiger partial charge >= 0.3 is 0 Å². The summed E-state index contributed by atoms with van der Waals surface area (Å²) in [5, 5.41) is 1.10. The second-order valence-electron chi connectivity index (χ2n) is 4.98. The first kappa shape index (κ1) is 13.6. The van der Waals surface area contributed by atoms with Crippen LogP contribution in [0.15, 0.2) is 12.3 Å². The van der Waals surface area contributed by atoms with Crippen LogP contribution in [0.4, 0.5) is 0 Å². The Bertz CT molecular complexity index is 454. The number of rotatable bonds is 2. The van der Waals surface area contributed by atoms with E-state index in [0.29, 0.717) is 23.4 Å². The first-order valence-corrected chi connectivity index (χ1v) is 7.23. The number of likely N-dealkylation sites (tertiary alicyclic amines) is 1. The van der Waals surface area contributed by atoms with E-state index in [9.17, 15) is 0 Å². The van der Waals surface area contributed by atoms with E-state index < -0.39 is 0 Å². The third-order valence-corrected chi connectivity index (χ3v) is 4.28. The van der Waals surface area contributed by atoms with E-state index in [2.05, 4.69) is 9.88 Å². The summed E-state index contributed by atoms with van der Waals surface area (Å²) in [6.07, 6.45) is 3.56. The van der Waals surface area contributed by atoms with Crippen molar-refractivity contribution in [1.82, 2.24) is 9.88 Å². The first-order chi connectivity index (χ1) is 9.17. The summed E-state index contributed by atoms with van der Waals surface area (Å²) in [7, 11) is 0. The van der Waals surface area contributed by atoms with Gasteiger partial charge in [0.1, 0.15) is 5.15 Å². The summed E-state index contributed by atoms with van der Waals surface area (Å²) >= 11 is 12.0. The Morgan fingerprint density at radius 3 is 2.53 bits per heavy atom. The van der Waals surface area contributed by atoms with Crippen LogP contribution in [0.5, 0.6) is 0 Å². The van der Waals surface area contributed by atoms with Gasteiger partial charge in [0, 0.05) is 49.3 Å². The Labute approximate surface area is 122 Å². The van der Waals surface area contributed by atoms with E-state index in [1.807, 2.05) is 0 Å². The zero-order valence-electron chi connectivity index (χ0n) is 10.6. The molecule has 104 valence electrons. The number of ether oxygens (including phenoxy) is 2. The summed E-state index contributed by atoms with van der Waals surface area (Å²) < 4.78 is 11.4. The van der Waals surface area contributed by atoms with Crippen LogP contribution < -0.4 is 0 Å². The van der Waals surface area contributed by atoms with E-state index in [1.54, 1.807) is 12.3 Å². The summed E-state index contributed by atoms with van der Waals surface area (Å²) in [5.74, 6) is -0.321. The lowest BCUT2D eigenvalue weighted by Gasteiger charge is -2.37. The van der Waals surface area contributed by atoms with Gasteiger partial charge in [0.05, 0.1) is 13.2 Å². The molecule has 0 aliphatic carbocycles. The van der Waals surface area contributed by atoms with Crippen LogP contribution in [0.1, 0.15) is 18.4 Å². The predicted molar refractivity (Wildman–Crippen MR) is 73.4 cm³/mol. The molecule has 1 aromatic rings. The molecular weight excluding hydrogens is 287 g/mol. The highest BCUT2D eigenvalue weighted by atomic mass is 35.5. The van der Waals surface area contributed by atoms with Crippen LogP contribution in [0, 0.1) is 0 Å². The van der Waals surface area contributed by atoms with Crippen LogP contribution in [0.2, 0.25) is 10.2 Å². The van der Waals surface area contributed by atoms with Gasteiger partial charge in [-0.25, -0.2) is 4.98 Å². The van der Waals surface area contributed by atoms with Crippen molar-refractivity contribution in [2.75, 3.05) is 26.3 Å². The fourth-order valence-electron chi connectivity index (χ4n) is 2.63. The summed E-state index contributed by atoms with van der Waals surface area (Å²) in [4.78, 5) is 6.42. The van der Waals surface area contributed by atoms with Crippen LogP contribution in [-0.4, -0.2) is 42.0 Å². The van der Waals surface area contributed by atoms with Crippen molar-refractivity contribution in [3.8, 4) is 0 Å². The number of halogens is 2. The maximum Gasteiger partial charge on any atom is 0.170 e. The molecule has 19 heavy (non-hydrogen) atoms. The Hall–Kier alpha value is -0.390. The van der Waals surface area contributed by atoms with Gasteiger partial charge in [0.2, 0.25) is 0 Å². The molecule has 0 saturated carbocycles. The highest BCUT2D eigenvalue weighted by molar-refractivity contribution is 6.34. The van der Waals surface area contributed by atoms with Gasteiger partial charge in [-0.2, -0.15) is 0 Å². The van der Waals surface area contributed by atoms with Gasteiger partial charge in [0.25, 0.3) is 0 Å².